The molecule has 3 heteroatoms. The Kier molecular flexibility index (Phi) is 3.55. The highest BCUT2D eigenvalue weighted by Gasteiger charge is 2.25. The van der Waals surface area contributed by atoms with Crippen molar-refractivity contribution in [1.82, 2.24) is 4.90 Å². The molecule has 1 aliphatic rings. The summed E-state index contributed by atoms with van der Waals surface area (Å²) in [5, 5.41) is 8.90. The molecule has 1 rings (SSSR count). The van der Waals surface area contributed by atoms with E-state index in [0.717, 1.165) is 19.5 Å². The van der Waals surface area contributed by atoms with E-state index >= 15 is 0 Å². The molecule has 0 aromatic carbocycles. The number of hydrogen-bond acceptors (Lipinski definition) is 2. The number of hydrogen-bond donors (Lipinski definition) is 1. The van der Waals surface area contributed by atoms with Gasteiger partial charge in [-0.25, -0.2) is 0 Å². The van der Waals surface area contributed by atoms with Crippen molar-refractivity contribution in [3.05, 3.63) is 11.6 Å². The molecular formula is C12H21NO2. The van der Waals surface area contributed by atoms with Gasteiger partial charge in [-0.05, 0) is 18.8 Å². The first kappa shape index (κ1) is 12.2. The van der Waals surface area contributed by atoms with Crippen LogP contribution in [0.4, 0.5) is 0 Å². The van der Waals surface area contributed by atoms with E-state index in [9.17, 15) is 4.79 Å². The molecule has 0 aliphatic carbocycles. The molecule has 0 aromatic rings. The number of carboxylic acids is 1. The summed E-state index contributed by atoms with van der Waals surface area (Å²) in [6, 6.07) is -0.372. The Morgan fingerprint density at radius 2 is 2.13 bits per heavy atom. The van der Waals surface area contributed by atoms with Gasteiger partial charge in [0, 0.05) is 13.1 Å². The van der Waals surface area contributed by atoms with E-state index in [1.165, 1.54) is 5.57 Å². The Balaban J connectivity index is 2.62. The van der Waals surface area contributed by atoms with Crippen LogP contribution in [0.25, 0.3) is 0 Å². The molecule has 0 fully saturated rings. The highest BCUT2D eigenvalue weighted by atomic mass is 16.4. The minimum atomic E-state index is -0.734. The van der Waals surface area contributed by atoms with Crippen LogP contribution >= 0.6 is 0 Å². The summed E-state index contributed by atoms with van der Waals surface area (Å²) in [6.07, 6.45) is 3.17. The number of rotatable bonds is 2. The van der Waals surface area contributed by atoms with Gasteiger partial charge in [0.25, 0.3) is 0 Å². The van der Waals surface area contributed by atoms with Gasteiger partial charge in [-0.15, -0.1) is 0 Å². The molecule has 0 saturated heterocycles. The molecule has 3 nitrogen and oxygen atoms in total. The second-order valence-electron chi connectivity index (χ2n) is 5.24. The largest absolute Gasteiger partial charge is 0.480 e. The molecule has 0 bridgehead atoms. The van der Waals surface area contributed by atoms with Crippen molar-refractivity contribution < 1.29 is 9.90 Å². The van der Waals surface area contributed by atoms with Crippen LogP contribution < -0.4 is 0 Å². The molecule has 1 aliphatic heterocycles. The van der Waals surface area contributed by atoms with Crippen LogP contribution in [-0.4, -0.2) is 35.1 Å². The zero-order chi connectivity index (χ0) is 11.6. The molecule has 0 radical (unpaired) electrons. The molecule has 0 spiro atoms. The molecule has 15 heavy (non-hydrogen) atoms. The monoisotopic (exact) mass is 211 g/mol. The van der Waals surface area contributed by atoms with Gasteiger partial charge < -0.3 is 5.11 Å². The second kappa shape index (κ2) is 4.35. The standard InChI is InChI=1S/C12H21NO2/c1-9(11(14)15)13-7-5-10(6-8-13)12(2,3)4/h5,9H,6-8H2,1-4H3,(H,14,15). The molecule has 86 valence electrons. The van der Waals surface area contributed by atoms with Crippen molar-refractivity contribution in [2.75, 3.05) is 13.1 Å². The van der Waals surface area contributed by atoms with Crippen LogP contribution in [0.1, 0.15) is 34.1 Å². The van der Waals surface area contributed by atoms with Crippen molar-refractivity contribution in [1.29, 1.82) is 0 Å². The normalized spacial score (nSPS) is 20.9. The van der Waals surface area contributed by atoms with Crippen LogP contribution in [0, 0.1) is 5.41 Å². The highest BCUT2D eigenvalue weighted by molar-refractivity contribution is 5.72. The third kappa shape index (κ3) is 3.06. The average Bonchev–Trinajstić information content (AvgIpc) is 2.15. The quantitative estimate of drug-likeness (QED) is 0.711. The molecule has 0 amide bonds. The molecule has 1 unspecified atom stereocenters. The summed E-state index contributed by atoms with van der Waals surface area (Å²) >= 11 is 0. The predicted molar refractivity (Wildman–Crippen MR) is 60.8 cm³/mol. The van der Waals surface area contributed by atoms with Crippen molar-refractivity contribution >= 4 is 5.97 Å². The van der Waals surface area contributed by atoms with Crippen LogP contribution in [0.15, 0.2) is 11.6 Å². The third-order valence-electron chi connectivity index (χ3n) is 3.11. The minimum Gasteiger partial charge on any atom is -0.480 e. The van der Waals surface area contributed by atoms with Gasteiger partial charge in [0.1, 0.15) is 6.04 Å². The first-order chi connectivity index (χ1) is 6.82. The number of carbonyl (C=O) groups is 1. The van der Waals surface area contributed by atoms with E-state index in [2.05, 4.69) is 26.8 Å². The first-order valence-corrected chi connectivity index (χ1v) is 5.48. The maximum Gasteiger partial charge on any atom is 0.320 e. The van der Waals surface area contributed by atoms with Gasteiger partial charge in [-0.2, -0.15) is 0 Å². The maximum atomic E-state index is 10.8. The van der Waals surface area contributed by atoms with Gasteiger partial charge in [-0.3, -0.25) is 9.69 Å². The zero-order valence-electron chi connectivity index (χ0n) is 10.1. The van der Waals surface area contributed by atoms with Crippen LogP contribution in [-0.2, 0) is 4.79 Å². The lowest BCUT2D eigenvalue weighted by Crippen LogP contribution is -2.42. The summed E-state index contributed by atoms with van der Waals surface area (Å²) in [7, 11) is 0. The van der Waals surface area contributed by atoms with E-state index in [-0.39, 0.29) is 11.5 Å². The Morgan fingerprint density at radius 1 is 1.53 bits per heavy atom. The molecular weight excluding hydrogens is 190 g/mol. The van der Waals surface area contributed by atoms with E-state index in [1.807, 2.05) is 4.90 Å². The van der Waals surface area contributed by atoms with E-state index < -0.39 is 5.97 Å². The minimum absolute atomic E-state index is 0.221. The lowest BCUT2D eigenvalue weighted by molar-refractivity contribution is -0.142. The van der Waals surface area contributed by atoms with Crippen molar-refractivity contribution in [3.8, 4) is 0 Å². The van der Waals surface area contributed by atoms with Crippen LogP contribution in [0.2, 0.25) is 0 Å². The van der Waals surface area contributed by atoms with Crippen LogP contribution in [0.5, 0.6) is 0 Å². The SMILES string of the molecule is CC(C(=O)O)N1CC=C(C(C)(C)C)CC1. The van der Waals surface area contributed by atoms with Gasteiger partial charge >= 0.3 is 5.97 Å². The predicted octanol–water partition coefficient (Wildman–Crippen LogP) is 2.14. The molecule has 1 atom stereocenters. The summed E-state index contributed by atoms with van der Waals surface area (Å²) in [6.45, 7) is 9.98. The topological polar surface area (TPSA) is 40.5 Å². The van der Waals surface area contributed by atoms with Gasteiger partial charge in [0.2, 0.25) is 0 Å². The number of carboxylic acid groups (broad SMARTS) is 1. The van der Waals surface area contributed by atoms with Crippen molar-refractivity contribution in [2.24, 2.45) is 5.41 Å². The summed E-state index contributed by atoms with van der Waals surface area (Å²) in [5.74, 6) is -0.734. The maximum absolute atomic E-state index is 10.8. The molecule has 0 saturated carbocycles. The summed E-state index contributed by atoms with van der Waals surface area (Å²) in [4.78, 5) is 12.8. The van der Waals surface area contributed by atoms with Gasteiger partial charge in [-0.1, -0.05) is 32.4 Å². The fourth-order valence-electron chi connectivity index (χ4n) is 1.87. The summed E-state index contributed by atoms with van der Waals surface area (Å²) < 4.78 is 0. The summed E-state index contributed by atoms with van der Waals surface area (Å²) in [5.41, 5.74) is 1.66. The van der Waals surface area contributed by atoms with Crippen molar-refractivity contribution in [2.45, 2.75) is 40.2 Å². The smallest absolute Gasteiger partial charge is 0.320 e. The van der Waals surface area contributed by atoms with E-state index in [1.54, 1.807) is 6.92 Å². The Morgan fingerprint density at radius 3 is 2.47 bits per heavy atom. The first-order valence-electron chi connectivity index (χ1n) is 5.48. The second-order valence-corrected chi connectivity index (χ2v) is 5.24. The number of aliphatic carboxylic acids is 1. The third-order valence-corrected chi connectivity index (χ3v) is 3.11. The Bertz CT molecular complexity index is 276. The molecule has 1 heterocycles. The lowest BCUT2D eigenvalue weighted by Gasteiger charge is -2.33. The van der Waals surface area contributed by atoms with E-state index in [0.29, 0.717) is 0 Å². The zero-order valence-corrected chi connectivity index (χ0v) is 10.1. The fourth-order valence-corrected chi connectivity index (χ4v) is 1.87. The lowest BCUT2D eigenvalue weighted by atomic mass is 9.83. The molecule has 1 N–H and O–H groups in total. The van der Waals surface area contributed by atoms with E-state index in [4.69, 9.17) is 5.11 Å². The van der Waals surface area contributed by atoms with Gasteiger partial charge in [0.15, 0.2) is 0 Å². The van der Waals surface area contributed by atoms with Crippen LogP contribution in [0.3, 0.4) is 0 Å². The Hall–Kier alpha value is -0.830. The average molecular weight is 211 g/mol. The number of nitrogens with zero attached hydrogens (tertiary/aromatic N) is 1. The van der Waals surface area contributed by atoms with Crippen molar-refractivity contribution in [3.63, 3.8) is 0 Å². The fraction of sp³-hybridized carbons (Fsp3) is 0.750. The highest BCUT2D eigenvalue weighted by Crippen LogP contribution is 2.30. The Labute approximate surface area is 91.8 Å². The van der Waals surface area contributed by atoms with Gasteiger partial charge in [0.05, 0.1) is 0 Å². The molecule has 0 aromatic heterocycles.